The topological polar surface area (TPSA) is 88.1 Å². The maximum absolute atomic E-state index is 13.3. The predicted octanol–water partition coefficient (Wildman–Crippen LogP) is 3.71. The van der Waals surface area contributed by atoms with Gasteiger partial charge >= 0.3 is 6.01 Å². The van der Waals surface area contributed by atoms with Gasteiger partial charge in [0.15, 0.2) is 0 Å². The highest BCUT2D eigenvalue weighted by Gasteiger charge is 2.36. The van der Waals surface area contributed by atoms with Crippen molar-refractivity contribution in [2.75, 3.05) is 11.4 Å². The van der Waals surface area contributed by atoms with Crippen molar-refractivity contribution in [1.29, 1.82) is 0 Å². The van der Waals surface area contributed by atoms with Gasteiger partial charge in [-0.25, -0.2) is 13.9 Å². The summed E-state index contributed by atoms with van der Waals surface area (Å²) in [5.41, 5.74) is 5.54. The number of halogens is 1. The summed E-state index contributed by atoms with van der Waals surface area (Å²) in [4.78, 5) is 9.84. The number of aromatic amines is 1. The van der Waals surface area contributed by atoms with E-state index in [-0.39, 0.29) is 11.9 Å². The normalized spacial score (nSPS) is 16.1. The van der Waals surface area contributed by atoms with Crippen LogP contribution in [0.15, 0.2) is 59.3 Å². The van der Waals surface area contributed by atoms with Gasteiger partial charge in [-0.15, -0.1) is 5.10 Å². The first-order chi connectivity index (χ1) is 15.2. The van der Waals surface area contributed by atoms with Crippen LogP contribution in [0.2, 0.25) is 0 Å². The molecule has 9 heteroatoms. The van der Waals surface area contributed by atoms with Crippen molar-refractivity contribution in [3.05, 3.63) is 83.5 Å². The van der Waals surface area contributed by atoms with E-state index in [0.29, 0.717) is 24.0 Å². The number of hydrogen-bond donors (Lipinski definition) is 1. The molecule has 154 valence electrons. The summed E-state index contributed by atoms with van der Waals surface area (Å²) in [6.45, 7) is 2.69. The summed E-state index contributed by atoms with van der Waals surface area (Å²) in [6.07, 6.45) is 2.48. The number of imidazole rings is 1. The van der Waals surface area contributed by atoms with Gasteiger partial charge in [-0.3, -0.25) is 0 Å². The number of hydrogen-bond acceptors (Lipinski definition) is 6. The maximum atomic E-state index is 13.3. The van der Waals surface area contributed by atoms with E-state index in [1.54, 1.807) is 18.5 Å². The Morgan fingerprint density at radius 1 is 1.13 bits per heavy atom. The van der Waals surface area contributed by atoms with Crippen molar-refractivity contribution >= 4 is 11.5 Å². The van der Waals surface area contributed by atoms with Gasteiger partial charge in [0.05, 0.1) is 23.2 Å². The summed E-state index contributed by atoms with van der Waals surface area (Å²) < 4.78 is 21.2. The molecule has 0 saturated carbocycles. The van der Waals surface area contributed by atoms with Crippen LogP contribution >= 0.6 is 0 Å². The first-order valence-corrected chi connectivity index (χ1v) is 10.0. The van der Waals surface area contributed by atoms with Gasteiger partial charge in [0.1, 0.15) is 11.9 Å². The Kier molecular flexibility index (Phi) is 3.89. The zero-order chi connectivity index (χ0) is 20.9. The van der Waals surface area contributed by atoms with Crippen molar-refractivity contribution in [3.63, 3.8) is 0 Å². The average Bonchev–Trinajstić information content (AvgIpc) is 3.52. The molecule has 1 aliphatic rings. The van der Waals surface area contributed by atoms with Gasteiger partial charge in [0.2, 0.25) is 5.89 Å². The molecule has 0 aliphatic carbocycles. The van der Waals surface area contributed by atoms with E-state index < -0.39 is 0 Å². The second-order valence-corrected chi connectivity index (χ2v) is 7.58. The molecule has 5 heterocycles. The Labute approximate surface area is 176 Å². The van der Waals surface area contributed by atoms with Crippen molar-refractivity contribution in [1.82, 2.24) is 29.8 Å². The molecule has 5 aromatic rings. The van der Waals surface area contributed by atoms with Crippen LogP contribution in [0.25, 0.3) is 17.0 Å². The van der Waals surface area contributed by atoms with Crippen LogP contribution in [0.3, 0.4) is 0 Å². The molecule has 0 bridgehead atoms. The fraction of sp³-hybridized carbons (Fsp3) is 0.182. The van der Waals surface area contributed by atoms with Crippen LogP contribution in [0.4, 0.5) is 10.4 Å². The molecular formula is C22H18FN7O. The van der Waals surface area contributed by atoms with E-state index >= 15 is 0 Å². The number of anilines is 1. The minimum Gasteiger partial charge on any atom is -0.403 e. The van der Waals surface area contributed by atoms with Crippen molar-refractivity contribution < 1.29 is 8.81 Å². The molecule has 4 aromatic heterocycles. The molecule has 0 saturated heterocycles. The maximum Gasteiger partial charge on any atom is 0.319 e. The number of H-pyrrole nitrogens is 1. The third kappa shape index (κ3) is 2.89. The van der Waals surface area contributed by atoms with Crippen molar-refractivity contribution in [2.24, 2.45) is 0 Å². The largest absolute Gasteiger partial charge is 0.403 e. The van der Waals surface area contributed by atoms with Gasteiger partial charge in [0.25, 0.3) is 0 Å². The lowest BCUT2D eigenvalue weighted by molar-refractivity contribution is 0.503. The number of aryl methyl sites for hydroxylation is 1. The molecule has 1 aromatic carbocycles. The molecule has 0 amide bonds. The number of nitrogens with one attached hydrogen (secondary N) is 1. The number of nitrogens with zero attached hydrogens (tertiary/aromatic N) is 6. The monoisotopic (exact) mass is 415 g/mol. The molecule has 1 aliphatic heterocycles. The Hall–Kier alpha value is -4.01. The third-order valence-corrected chi connectivity index (χ3v) is 5.65. The molecule has 0 fully saturated rings. The Morgan fingerprint density at radius 2 is 2.00 bits per heavy atom. The first kappa shape index (κ1) is 17.8. The van der Waals surface area contributed by atoms with Gasteiger partial charge in [0, 0.05) is 29.9 Å². The molecule has 8 nitrogen and oxygen atoms in total. The lowest BCUT2D eigenvalue weighted by Crippen LogP contribution is -2.37. The molecule has 1 unspecified atom stereocenters. The highest BCUT2D eigenvalue weighted by Crippen LogP contribution is 2.37. The summed E-state index contributed by atoms with van der Waals surface area (Å²) in [7, 11) is 0. The van der Waals surface area contributed by atoms with Gasteiger partial charge in [-0.2, -0.15) is 5.10 Å². The first-order valence-electron chi connectivity index (χ1n) is 10.0. The van der Waals surface area contributed by atoms with E-state index in [1.165, 1.54) is 12.1 Å². The standard InChI is InChI=1S/C22H18FN7O/c1-13-3-2-4-16-11-18(28-30(13)16)20-19-17(24-12-25-19)9-10-29(20)22-27-26-21(31-22)14-5-7-15(23)8-6-14/h2-8,11-12,20H,9-10H2,1H3,(H,24,25). The number of benzene rings is 1. The SMILES string of the molecule is Cc1cccc2cc(C3c4nc[nH]c4CCN3c3nnc(-c4ccc(F)cc4)o3)nn12. The molecule has 1 N–H and O–H groups in total. The highest BCUT2D eigenvalue weighted by molar-refractivity contribution is 5.55. The third-order valence-electron chi connectivity index (χ3n) is 5.65. The molecular weight excluding hydrogens is 397 g/mol. The fourth-order valence-corrected chi connectivity index (χ4v) is 4.13. The van der Waals surface area contributed by atoms with Crippen LogP contribution < -0.4 is 4.90 Å². The van der Waals surface area contributed by atoms with E-state index in [9.17, 15) is 4.39 Å². The smallest absolute Gasteiger partial charge is 0.319 e. The second-order valence-electron chi connectivity index (χ2n) is 7.58. The Balaban J connectivity index is 1.44. The summed E-state index contributed by atoms with van der Waals surface area (Å²) in [5.74, 6) is 0.0280. The van der Waals surface area contributed by atoms with E-state index in [0.717, 1.165) is 34.7 Å². The van der Waals surface area contributed by atoms with Gasteiger partial charge in [-0.1, -0.05) is 11.2 Å². The lowest BCUT2D eigenvalue weighted by atomic mass is 10.0. The summed E-state index contributed by atoms with van der Waals surface area (Å²) in [6, 6.07) is 14.2. The number of rotatable bonds is 3. The minimum atomic E-state index is -0.312. The Morgan fingerprint density at radius 3 is 2.84 bits per heavy atom. The van der Waals surface area contributed by atoms with E-state index in [2.05, 4.69) is 26.2 Å². The average molecular weight is 415 g/mol. The molecule has 6 rings (SSSR count). The summed E-state index contributed by atoms with van der Waals surface area (Å²) >= 11 is 0. The molecule has 0 radical (unpaired) electrons. The van der Waals surface area contributed by atoms with Crippen LogP contribution in [-0.4, -0.2) is 36.3 Å². The zero-order valence-corrected chi connectivity index (χ0v) is 16.7. The van der Waals surface area contributed by atoms with Crippen LogP contribution in [0.5, 0.6) is 0 Å². The van der Waals surface area contributed by atoms with Gasteiger partial charge in [-0.05, 0) is 49.4 Å². The lowest BCUT2D eigenvalue weighted by Gasteiger charge is -2.32. The molecule has 31 heavy (non-hydrogen) atoms. The van der Waals surface area contributed by atoms with Crippen LogP contribution in [-0.2, 0) is 6.42 Å². The highest BCUT2D eigenvalue weighted by atomic mass is 19.1. The Bertz CT molecular complexity index is 1380. The zero-order valence-electron chi connectivity index (χ0n) is 16.7. The van der Waals surface area contributed by atoms with Crippen molar-refractivity contribution in [2.45, 2.75) is 19.4 Å². The number of fused-ring (bicyclic) bond motifs is 2. The van der Waals surface area contributed by atoms with E-state index in [4.69, 9.17) is 9.52 Å². The van der Waals surface area contributed by atoms with E-state index in [1.807, 2.05) is 34.5 Å². The fourth-order valence-electron chi connectivity index (χ4n) is 4.13. The van der Waals surface area contributed by atoms with Crippen molar-refractivity contribution in [3.8, 4) is 11.5 Å². The molecule has 1 atom stereocenters. The second kappa shape index (κ2) is 6.76. The van der Waals surface area contributed by atoms with Crippen LogP contribution in [0.1, 0.15) is 28.8 Å². The quantitative estimate of drug-likeness (QED) is 0.483. The van der Waals surface area contributed by atoms with Gasteiger partial charge < -0.3 is 14.3 Å². The number of pyridine rings is 1. The molecule has 0 spiro atoms. The number of aromatic nitrogens is 6. The van der Waals surface area contributed by atoms with Crippen LogP contribution in [0, 0.1) is 12.7 Å². The predicted molar refractivity (Wildman–Crippen MR) is 111 cm³/mol. The minimum absolute atomic E-state index is 0.268. The summed E-state index contributed by atoms with van der Waals surface area (Å²) in [5, 5.41) is 13.3.